The molecule has 0 heterocycles. The van der Waals surface area contributed by atoms with Crippen LogP contribution in [0.15, 0.2) is 22.7 Å². The quantitative estimate of drug-likeness (QED) is 0.634. The van der Waals surface area contributed by atoms with Crippen molar-refractivity contribution in [2.75, 3.05) is 6.61 Å². The number of benzene rings is 1. The maximum Gasteiger partial charge on any atom is 0.323 e. The molecule has 20 heavy (non-hydrogen) atoms. The van der Waals surface area contributed by atoms with Gasteiger partial charge in [-0.1, -0.05) is 13.0 Å². The predicted molar refractivity (Wildman–Crippen MR) is 74.8 cm³/mol. The predicted octanol–water partition coefficient (Wildman–Crippen LogP) is 3.17. The van der Waals surface area contributed by atoms with E-state index in [1.165, 1.54) is 18.2 Å². The fourth-order valence-corrected chi connectivity index (χ4v) is 2.35. The van der Waals surface area contributed by atoms with E-state index in [0.717, 1.165) is 0 Å². The Labute approximate surface area is 125 Å². The number of carboxylic acids is 1. The number of esters is 1. The van der Waals surface area contributed by atoms with Crippen LogP contribution >= 0.6 is 15.9 Å². The van der Waals surface area contributed by atoms with Gasteiger partial charge in [0, 0.05) is 0 Å². The standard InChI is InChI=1S/C14H16BrFO4/c1-3-14(12(17)18,13(19)20-4-2)8-9-5-6-11(16)10(15)7-9/h5-7H,3-4,8H2,1-2H3,(H,17,18). The number of carboxylic acid groups (broad SMARTS) is 1. The highest BCUT2D eigenvalue weighted by atomic mass is 79.9. The third-order valence-electron chi connectivity index (χ3n) is 3.17. The fourth-order valence-electron chi connectivity index (χ4n) is 1.92. The van der Waals surface area contributed by atoms with E-state index in [4.69, 9.17) is 4.74 Å². The Morgan fingerprint density at radius 3 is 2.50 bits per heavy atom. The lowest BCUT2D eigenvalue weighted by molar-refractivity contribution is -0.168. The molecule has 0 spiro atoms. The van der Waals surface area contributed by atoms with Gasteiger partial charge in [-0.3, -0.25) is 9.59 Å². The third kappa shape index (κ3) is 3.36. The average molecular weight is 347 g/mol. The summed E-state index contributed by atoms with van der Waals surface area (Å²) in [7, 11) is 0. The normalized spacial score (nSPS) is 13.6. The van der Waals surface area contributed by atoms with Crippen molar-refractivity contribution < 1.29 is 23.8 Å². The molecule has 1 aromatic carbocycles. The Morgan fingerprint density at radius 1 is 1.40 bits per heavy atom. The van der Waals surface area contributed by atoms with E-state index in [9.17, 15) is 19.1 Å². The zero-order chi connectivity index (χ0) is 15.3. The van der Waals surface area contributed by atoms with Gasteiger partial charge in [0.1, 0.15) is 5.82 Å². The van der Waals surface area contributed by atoms with Crippen molar-refractivity contribution in [3.63, 3.8) is 0 Å². The van der Waals surface area contributed by atoms with Crippen molar-refractivity contribution in [2.45, 2.75) is 26.7 Å². The molecule has 1 rings (SSSR count). The molecular formula is C14H16BrFO4. The Balaban J connectivity index is 3.15. The SMILES string of the molecule is CCOC(=O)C(CC)(Cc1ccc(F)c(Br)c1)C(=O)O. The number of carbonyl (C=O) groups excluding carboxylic acids is 1. The summed E-state index contributed by atoms with van der Waals surface area (Å²) in [6, 6.07) is 4.17. The maximum absolute atomic E-state index is 13.2. The number of ether oxygens (including phenoxy) is 1. The lowest BCUT2D eigenvalue weighted by Gasteiger charge is -2.25. The van der Waals surface area contributed by atoms with Crippen LogP contribution in [0.4, 0.5) is 4.39 Å². The van der Waals surface area contributed by atoms with Crippen LogP contribution in [0.3, 0.4) is 0 Å². The van der Waals surface area contributed by atoms with Gasteiger partial charge in [-0.25, -0.2) is 4.39 Å². The molecule has 0 radical (unpaired) electrons. The van der Waals surface area contributed by atoms with Gasteiger partial charge in [0.25, 0.3) is 0 Å². The molecule has 4 nitrogen and oxygen atoms in total. The first-order valence-electron chi connectivity index (χ1n) is 6.22. The molecule has 0 saturated heterocycles. The summed E-state index contributed by atoms with van der Waals surface area (Å²) in [5, 5.41) is 9.42. The molecule has 6 heteroatoms. The second-order valence-electron chi connectivity index (χ2n) is 4.39. The molecule has 0 amide bonds. The molecular weight excluding hydrogens is 331 g/mol. The summed E-state index contributed by atoms with van der Waals surface area (Å²) >= 11 is 3.04. The van der Waals surface area contributed by atoms with E-state index in [1.807, 2.05) is 0 Å². The summed E-state index contributed by atoms with van der Waals surface area (Å²) in [4.78, 5) is 23.5. The lowest BCUT2D eigenvalue weighted by atomic mass is 9.79. The van der Waals surface area contributed by atoms with Gasteiger partial charge in [0.05, 0.1) is 11.1 Å². The number of hydrogen-bond donors (Lipinski definition) is 1. The summed E-state index contributed by atoms with van der Waals surface area (Å²) in [5.74, 6) is -2.45. The Hall–Kier alpha value is -1.43. The van der Waals surface area contributed by atoms with E-state index < -0.39 is 23.2 Å². The largest absolute Gasteiger partial charge is 0.480 e. The molecule has 0 aromatic heterocycles. The molecule has 1 atom stereocenters. The van der Waals surface area contributed by atoms with Crippen molar-refractivity contribution in [1.82, 2.24) is 0 Å². The molecule has 1 aromatic rings. The first kappa shape index (κ1) is 16.6. The van der Waals surface area contributed by atoms with Crippen LogP contribution in [0, 0.1) is 11.2 Å². The molecule has 1 N–H and O–H groups in total. The van der Waals surface area contributed by atoms with E-state index in [2.05, 4.69) is 15.9 Å². The zero-order valence-electron chi connectivity index (χ0n) is 11.3. The molecule has 0 saturated carbocycles. The Morgan fingerprint density at radius 2 is 2.05 bits per heavy atom. The number of aliphatic carboxylic acids is 1. The Bertz CT molecular complexity index is 518. The van der Waals surface area contributed by atoms with E-state index in [1.54, 1.807) is 13.8 Å². The average Bonchev–Trinajstić information content (AvgIpc) is 2.40. The molecule has 0 aliphatic carbocycles. The smallest absolute Gasteiger partial charge is 0.323 e. The van der Waals surface area contributed by atoms with Crippen molar-refractivity contribution >= 4 is 27.9 Å². The summed E-state index contributed by atoms with van der Waals surface area (Å²) in [6.45, 7) is 3.35. The highest BCUT2D eigenvalue weighted by molar-refractivity contribution is 9.10. The van der Waals surface area contributed by atoms with Crippen LogP contribution in [0.25, 0.3) is 0 Å². The van der Waals surface area contributed by atoms with Crippen LogP contribution in [0.2, 0.25) is 0 Å². The highest BCUT2D eigenvalue weighted by Gasteiger charge is 2.46. The van der Waals surface area contributed by atoms with Crippen molar-refractivity contribution in [1.29, 1.82) is 0 Å². The van der Waals surface area contributed by atoms with Crippen molar-refractivity contribution in [2.24, 2.45) is 5.41 Å². The number of hydrogen-bond acceptors (Lipinski definition) is 3. The van der Waals surface area contributed by atoms with Crippen LogP contribution < -0.4 is 0 Å². The van der Waals surface area contributed by atoms with Gasteiger partial charge in [-0.05, 0) is 53.4 Å². The second kappa shape index (κ2) is 6.83. The van der Waals surface area contributed by atoms with Crippen LogP contribution in [-0.2, 0) is 20.7 Å². The molecule has 0 aliphatic heterocycles. The van der Waals surface area contributed by atoms with Gasteiger partial charge >= 0.3 is 11.9 Å². The van der Waals surface area contributed by atoms with Crippen molar-refractivity contribution in [3.8, 4) is 0 Å². The molecule has 110 valence electrons. The highest BCUT2D eigenvalue weighted by Crippen LogP contribution is 2.31. The minimum absolute atomic E-state index is 0.0451. The summed E-state index contributed by atoms with van der Waals surface area (Å²) in [5.41, 5.74) is -1.09. The molecule has 0 bridgehead atoms. The summed E-state index contributed by atoms with van der Waals surface area (Å²) in [6.07, 6.45) is 0.0483. The zero-order valence-corrected chi connectivity index (χ0v) is 12.9. The van der Waals surface area contributed by atoms with Crippen molar-refractivity contribution in [3.05, 3.63) is 34.1 Å². The number of halogens is 2. The first-order chi connectivity index (χ1) is 9.37. The van der Waals surface area contributed by atoms with Gasteiger partial charge in [0.2, 0.25) is 0 Å². The van der Waals surface area contributed by atoms with E-state index >= 15 is 0 Å². The van der Waals surface area contributed by atoms with Crippen LogP contribution in [0.5, 0.6) is 0 Å². The van der Waals surface area contributed by atoms with E-state index in [-0.39, 0.29) is 23.9 Å². The second-order valence-corrected chi connectivity index (χ2v) is 5.24. The molecule has 1 unspecified atom stereocenters. The van der Waals surface area contributed by atoms with Crippen LogP contribution in [-0.4, -0.2) is 23.7 Å². The maximum atomic E-state index is 13.2. The lowest BCUT2D eigenvalue weighted by Crippen LogP contribution is -2.42. The fraction of sp³-hybridized carbons (Fsp3) is 0.429. The van der Waals surface area contributed by atoms with Gasteiger partial charge < -0.3 is 9.84 Å². The summed E-state index contributed by atoms with van der Waals surface area (Å²) < 4.78 is 18.3. The topological polar surface area (TPSA) is 63.6 Å². The van der Waals surface area contributed by atoms with Gasteiger partial charge in [-0.2, -0.15) is 0 Å². The van der Waals surface area contributed by atoms with Gasteiger partial charge in [0.15, 0.2) is 5.41 Å². The first-order valence-corrected chi connectivity index (χ1v) is 7.01. The minimum Gasteiger partial charge on any atom is -0.480 e. The molecule has 0 aliphatic rings. The molecule has 0 fully saturated rings. The van der Waals surface area contributed by atoms with Gasteiger partial charge in [-0.15, -0.1) is 0 Å². The van der Waals surface area contributed by atoms with Crippen LogP contribution in [0.1, 0.15) is 25.8 Å². The third-order valence-corrected chi connectivity index (χ3v) is 3.78. The van der Waals surface area contributed by atoms with E-state index in [0.29, 0.717) is 5.56 Å². The number of rotatable bonds is 6. The number of carbonyl (C=O) groups is 2. The minimum atomic E-state index is -1.65. The Kier molecular flexibility index (Phi) is 5.68. The monoisotopic (exact) mass is 346 g/mol.